The minimum atomic E-state index is 0.403. The van der Waals surface area contributed by atoms with Gasteiger partial charge in [-0.1, -0.05) is 10.3 Å². The van der Waals surface area contributed by atoms with Gasteiger partial charge in [-0.3, -0.25) is 0 Å². The van der Waals surface area contributed by atoms with Crippen molar-refractivity contribution in [3.05, 3.63) is 47.6 Å². The van der Waals surface area contributed by atoms with E-state index in [1.54, 1.807) is 16.8 Å². The fraction of sp³-hybridized carbons (Fsp3) is 0.267. The third-order valence-corrected chi connectivity index (χ3v) is 3.59. The number of aromatic nitrogens is 5. The van der Waals surface area contributed by atoms with Gasteiger partial charge in [0.2, 0.25) is 5.89 Å². The maximum atomic E-state index is 8.81. The largest absolute Gasteiger partial charge is 0.408 e. The van der Waals surface area contributed by atoms with Crippen molar-refractivity contribution in [3.63, 3.8) is 0 Å². The highest BCUT2D eigenvalue weighted by Gasteiger charge is 2.29. The summed E-state index contributed by atoms with van der Waals surface area (Å²) in [4.78, 5) is 0. The molecule has 0 atom stereocenters. The van der Waals surface area contributed by atoms with Crippen molar-refractivity contribution in [1.29, 1.82) is 5.26 Å². The highest BCUT2D eigenvalue weighted by Crippen LogP contribution is 2.39. The Kier molecular flexibility index (Phi) is 3.24. The summed E-state index contributed by atoms with van der Waals surface area (Å²) in [5, 5.41) is 28.0. The Morgan fingerprint density at radius 1 is 1.22 bits per heavy atom. The van der Waals surface area contributed by atoms with Crippen LogP contribution < -0.4 is 5.32 Å². The average Bonchev–Trinajstić information content (AvgIpc) is 3.15. The summed E-state index contributed by atoms with van der Waals surface area (Å²) < 4.78 is 7.18. The van der Waals surface area contributed by atoms with Gasteiger partial charge in [-0.05, 0) is 37.1 Å². The van der Waals surface area contributed by atoms with Crippen LogP contribution in [-0.4, -0.2) is 25.2 Å². The van der Waals surface area contributed by atoms with Crippen molar-refractivity contribution >= 4 is 6.01 Å². The van der Waals surface area contributed by atoms with Crippen molar-refractivity contribution in [2.75, 3.05) is 5.32 Å². The summed E-state index contributed by atoms with van der Waals surface area (Å²) in [5.41, 5.74) is 2.20. The lowest BCUT2D eigenvalue weighted by atomic mass is 10.2. The van der Waals surface area contributed by atoms with E-state index in [9.17, 15) is 0 Å². The fourth-order valence-electron chi connectivity index (χ4n) is 2.16. The van der Waals surface area contributed by atoms with Gasteiger partial charge in [0.25, 0.3) is 0 Å². The van der Waals surface area contributed by atoms with Crippen LogP contribution in [0.1, 0.15) is 35.9 Å². The Morgan fingerprint density at radius 2 is 2.04 bits per heavy atom. The summed E-state index contributed by atoms with van der Waals surface area (Å²) in [6, 6.07) is 9.62. The number of nitrogens with zero attached hydrogens (tertiary/aromatic N) is 6. The van der Waals surface area contributed by atoms with Crippen LogP contribution in [0.4, 0.5) is 6.01 Å². The van der Waals surface area contributed by atoms with Gasteiger partial charge < -0.3 is 9.73 Å². The van der Waals surface area contributed by atoms with Crippen LogP contribution in [-0.2, 0) is 6.54 Å². The molecule has 1 N–H and O–H groups in total. The summed E-state index contributed by atoms with van der Waals surface area (Å²) in [6.07, 6.45) is 4.06. The van der Waals surface area contributed by atoms with Gasteiger partial charge in [0.15, 0.2) is 0 Å². The highest BCUT2D eigenvalue weighted by atomic mass is 16.4. The molecular formula is C15H13N7O. The normalized spacial score (nSPS) is 13.7. The molecule has 1 aromatic carbocycles. The van der Waals surface area contributed by atoms with Crippen LogP contribution in [0, 0.1) is 11.3 Å². The predicted octanol–water partition coefficient (Wildman–Crippen LogP) is 2.01. The summed E-state index contributed by atoms with van der Waals surface area (Å²) >= 11 is 0. The van der Waals surface area contributed by atoms with E-state index < -0.39 is 0 Å². The minimum absolute atomic E-state index is 0.403. The van der Waals surface area contributed by atoms with Crippen molar-refractivity contribution in [2.24, 2.45) is 0 Å². The molecule has 1 aliphatic rings. The third kappa shape index (κ3) is 2.89. The molecule has 1 fully saturated rings. The van der Waals surface area contributed by atoms with Crippen molar-refractivity contribution in [3.8, 4) is 11.8 Å². The molecule has 114 valence electrons. The zero-order valence-electron chi connectivity index (χ0n) is 12.2. The minimum Gasteiger partial charge on any atom is -0.408 e. The molecule has 1 saturated carbocycles. The first-order chi connectivity index (χ1) is 11.3. The Hall–Kier alpha value is -3.21. The van der Waals surface area contributed by atoms with E-state index in [0.29, 0.717) is 29.9 Å². The lowest BCUT2D eigenvalue weighted by Crippen LogP contribution is -1.99. The lowest BCUT2D eigenvalue weighted by Gasteiger charge is -1.99. The first kappa shape index (κ1) is 13.5. The zero-order chi connectivity index (χ0) is 15.6. The molecule has 4 rings (SSSR count). The standard InChI is InChI=1S/C15H13N7O/c16-7-10-1-5-13(6-2-10)22-9-12(18-21-22)8-17-15-20-19-14(23-15)11-3-4-11/h1-2,5-6,9,11H,3-4,8H2,(H,17,20). The molecule has 0 spiro atoms. The lowest BCUT2D eigenvalue weighted by molar-refractivity contribution is 0.506. The Balaban J connectivity index is 1.41. The van der Waals surface area contributed by atoms with Crippen molar-refractivity contribution in [2.45, 2.75) is 25.3 Å². The molecular weight excluding hydrogens is 294 g/mol. The number of rotatable bonds is 5. The summed E-state index contributed by atoms with van der Waals surface area (Å²) in [6.45, 7) is 0.447. The van der Waals surface area contributed by atoms with Crippen LogP contribution in [0.3, 0.4) is 0 Å². The van der Waals surface area contributed by atoms with E-state index in [0.717, 1.165) is 24.2 Å². The van der Waals surface area contributed by atoms with E-state index in [2.05, 4.69) is 31.9 Å². The molecule has 0 radical (unpaired) electrons. The first-order valence-corrected chi connectivity index (χ1v) is 7.31. The summed E-state index contributed by atoms with van der Waals surface area (Å²) in [5.74, 6) is 1.14. The molecule has 2 aromatic heterocycles. The molecule has 3 aromatic rings. The number of anilines is 1. The third-order valence-electron chi connectivity index (χ3n) is 3.59. The number of nitriles is 1. The van der Waals surface area contributed by atoms with Crippen LogP contribution in [0.5, 0.6) is 0 Å². The number of hydrogen-bond donors (Lipinski definition) is 1. The van der Waals surface area contributed by atoms with Crippen LogP contribution >= 0.6 is 0 Å². The molecule has 1 aliphatic carbocycles. The number of benzene rings is 1. The zero-order valence-corrected chi connectivity index (χ0v) is 12.2. The fourth-order valence-corrected chi connectivity index (χ4v) is 2.16. The van der Waals surface area contributed by atoms with Gasteiger partial charge in [0, 0.05) is 5.92 Å². The number of nitrogens with one attached hydrogen (secondary N) is 1. The van der Waals surface area contributed by atoms with Gasteiger partial charge in [0.1, 0.15) is 5.69 Å². The second-order valence-electron chi connectivity index (χ2n) is 5.39. The highest BCUT2D eigenvalue weighted by molar-refractivity contribution is 5.38. The van der Waals surface area contributed by atoms with E-state index >= 15 is 0 Å². The van der Waals surface area contributed by atoms with Gasteiger partial charge in [0.05, 0.1) is 30.1 Å². The average molecular weight is 307 g/mol. The predicted molar refractivity (Wildman–Crippen MR) is 79.7 cm³/mol. The van der Waals surface area contributed by atoms with E-state index in [-0.39, 0.29) is 0 Å². The van der Waals surface area contributed by atoms with Crippen LogP contribution in [0.2, 0.25) is 0 Å². The Morgan fingerprint density at radius 3 is 2.78 bits per heavy atom. The SMILES string of the molecule is N#Cc1ccc(-n2cc(CNc3nnc(C4CC4)o3)nn2)cc1. The van der Waals surface area contributed by atoms with Gasteiger partial charge in [-0.15, -0.1) is 10.2 Å². The maximum Gasteiger partial charge on any atom is 0.315 e. The van der Waals surface area contributed by atoms with Crippen molar-refractivity contribution in [1.82, 2.24) is 25.2 Å². The Labute approximate surface area is 131 Å². The monoisotopic (exact) mass is 307 g/mol. The van der Waals surface area contributed by atoms with Gasteiger partial charge in [-0.2, -0.15) is 5.26 Å². The van der Waals surface area contributed by atoms with Crippen molar-refractivity contribution < 1.29 is 4.42 Å². The molecule has 0 unspecified atom stereocenters. The second kappa shape index (κ2) is 5.53. The molecule has 0 aliphatic heterocycles. The first-order valence-electron chi connectivity index (χ1n) is 7.31. The quantitative estimate of drug-likeness (QED) is 0.768. The molecule has 0 saturated heterocycles. The summed E-state index contributed by atoms with van der Waals surface area (Å²) in [7, 11) is 0. The molecule has 23 heavy (non-hydrogen) atoms. The van der Waals surface area contributed by atoms with Crippen LogP contribution in [0.25, 0.3) is 5.69 Å². The molecule has 2 heterocycles. The van der Waals surface area contributed by atoms with Gasteiger partial charge in [-0.25, -0.2) is 4.68 Å². The second-order valence-corrected chi connectivity index (χ2v) is 5.39. The molecule has 0 bridgehead atoms. The Bertz CT molecular complexity index is 855. The van der Waals surface area contributed by atoms with Gasteiger partial charge >= 0.3 is 6.01 Å². The molecule has 8 nitrogen and oxygen atoms in total. The van der Waals surface area contributed by atoms with E-state index in [1.807, 2.05) is 18.3 Å². The smallest absolute Gasteiger partial charge is 0.315 e. The topological polar surface area (TPSA) is 105 Å². The van der Waals surface area contributed by atoms with E-state index in [4.69, 9.17) is 9.68 Å². The molecule has 0 amide bonds. The van der Waals surface area contributed by atoms with Crippen LogP contribution in [0.15, 0.2) is 34.9 Å². The maximum absolute atomic E-state index is 8.81. The number of hydrogen-bond acceptors (Lipinski definition) is 7. The van der Waals surface area contributed by atoms with E-state index in [1.165, 1.54) is 0 Å². The molecule has 8 heteroatoms.